The van der Waals surface area contributed by atoms with Gasteiger partial charge in [0, 0.05) is 24.1 Å². The molecule has 29 heavy (non-hydrogen) atoms. The summed E-state index contributed by atoms with van der Waals surface area (Å²) < 4.78 is 24.5. The molecule has 154 valence electrons. The fourth-order valence-electron chi connectivity index (χ4n) is 3.05. The molecule has 0 spiro atoms. The summed E-state index contributed by atoms with van der Waals surface area (Å²) in [6.45, 7) is 5.93. The molecule has 3 aromatic rings. The maximum Gasteiger partial charge on any atom is 0.262 e. The molecular weight excluding hydrogens is 410 g/mol. The minimum Gasteiger partial charge on any atom is -0.350 e. The van der Waals surface area contributed by atoms with Crippen LogP contribution in [-0.4, -0.2) is 30.1 Å². The minimum atomic E-state index is -3.25. The van der Waals surface area contributed by atoms with E-state index in [1.807, 2.05) is 20.8 Å². The van der Waals surface area contributed by atoms with Crippen molar-refractivity contribution in [2.24, 2.45) is 0 Å². The molecule has 0 saturated heterocycles. The minimum absolute atomic E-state index is 0.130. The molecule has 0 aliphatic rings. The first-order valence-electron chi connectivity index (χ1n) is 9.12. The molecule has 0 fully saturated rings. The molecule has 0 bridgehead atoms. The molecular formula is C20H23N3O4S2. The van der Waals surface area contributed by atoms with Crippen LogP contribution in [0, 0.1) is 13.8 Å². The SMILES string of the molecule is Cc1sc2ncn(CCC(=O)NC(C)c3ccc(S(C)(=O)=O)cc3)c(=O)c2c1C. The molecule has 7 nitrogen and oxygen atoms in total. The average molecular weight is 434 g/mol. The number of rotatable bonds is 6. The molecule has 1 N–H and O–H groups in total. The van der Waals surface area contributed by atoms with Gasteiger partial charge in [0.2, 0.25) is 5.91 Å². The van der Waals surface area contributed by atoms with Gasteiger partial charge in [0.15, 0.2) is 9.84 Å². The van der Waals surface area contributed by atoms with Gasteiger partial charge in [-0.3, -0.25) is 14.2 Å². The van der Waals surface area contributed by atoms with Crippen LogP contribution in [0.3, 0.4) is 0 Å². The highest BCUT2D eigenvalue weighted by Gasteiger charge is 2.14. The number of nitrogens with one attached hydrogen (secondary N) is 1. The lowest BCUT2D eigenvalue weighted by atomic mass is 10.1. The number of aryl methyl sites for hydroxylation is 3. The molecule has 1 aromatic carbocycles. The number of carbonyl (C=O) groups excluding carboxylic acids is 1. The van der Waals surface area contributed by atoms with Crippen molar-refractivity contribution >= 4 is 37.3 Å². The van der Waals surface area contributed by atoms with E-state index in [2.05, 4.69) is 10.3 Å². The Hall–Kier alpha value is -2.52. The molecule has 3 rings (SSSR count). The summed E-state index contributed by atoms with van der Waals surface area (Å²) in [7, 11) is -3.25. The number of nitrogens with zero attached hydrogens (tertiary/aromatic N) is 2. The largest absolute Gasteiger partial charge is 0.350 e. The van der Waals surface area contributed by atoms with Crippen molar-refractivity contribution in [1.82, 2.24) is 14.9 Å². The molecule has 1 amide bonds. The van der Waals surface area contributed by atoms with Crippen molar-refractivity contribution in [2.75, 3.05) is 6.26 Å². The zero-order valence-corrected chi connectivity index (χ0v) is 18.4. The first-order chi connectivity index (χ1) is 13.6. The Bertz CT molecular complexity index is 1230. The number of hydrogen-bond donors (Lipinski definition) is 1. The van der Waals surface area contributed by atoms with Crippen molar-refractivity contribution in [3.8, 4) is 0 Å². The second-order valence-corrected chi connectivity index (χ2v) is 10.3. The fourth-order valence-corrected chi connectivity index (χ4v) is 4.67. The van der Waals surface area contributed by atoms with Crippen LogP contribution >= 0.6 is 11.3 Å². The summed E-state index contributed by atoms with van der Waals surface area (Å²) in [5.74, 6) is -0.199. The average Bonchev–Trinajstić information content (AvgIpc) is 2.95. The molecule has 0 radical (unpaired) electrons. The monoisotopic (exact) mass is 433 g/mol. The van der Waals surface area contributed by atoms with E-state index in [0.717, 1.165) is 27.1 Å². The van der Waals surface area contributed by atoms with Crippen LogP contribution in [0.1, 0.15) is 35.4 Å². The summed E-state index contributed by atoms with van der Waals surface area (Å²) in [6.07, 6.45) is 2.78. The lowest BCUT2D eigenvalue weighted by Gasteiger charge is -2.15. The van der Waals surface area contributed by atoms with E-state index in [4.69, 9.17) is 0 Å². The van der Waals surface area contributed by atoms with Gasteiger partial charge in [-0.05, 0) is 44.0 Å². The molecule has 0 aliphatic heterocycles. The standard InChI is InChI=1S/C20H23N3O4S2/c1-12-14(3)28-19-18(12)20(25)23(11-21-19)10-9-17(24)22-13(2)15-5-7-16(8-6-15)29(4,26)27/h5-8,11,13H,9-10H2,1-4H3,(H,22,24). The van der Waals surface area contributed by atoms with Crippen molar-refractivity contribution in [2.45, 2.75) is 44.7 Å². The third-order valence-electron chi connectivity index (χ3n) is 4.92. The maximum absolute atomic E-state index is 12.7. The van der Waals surface area contributed by atoms with Crippen LogP contribution in [-0.2, 0) is 21.2 Å². The third kappa shape index (κ3) is 4.56. The van der Waals surface area contributed by atoms with Crippen LogP contribution in [0.5, 0.6) is 0 Å². The van der Waals surface area contributed by atoms with Gasteiger partial charge in [0.25, 0.3) is 5.56 Å². The van der Waals surface area contributed by atoms with Crippen molar-refractivity contribution in [1.29, 1.82) is 0 Å². The van der Waals surface area contributed by atoms with Gasteiger partial charge in [-0.2, -0.15) is 0 Å². The summed E-state index contributed by atoms with van der Waals surface area (Å²) in [6, 6.07) is 6.14. The van der Waals surface area contributed by atoms with Gasteiger partial charge in [-0.15, -0.1) is 11.3 Å². The van der Waals surface area contributed by atoms with Crippen LogP contribution in [0.2, 0.25) is 0 Å². The van der Waals surface area contributed by atoms with E-state index in [1.165, 1.54) is 34.4 Å². The molecule has 9 heteroatoms. The highest BCUT2D eigenvalue weighted by molar-refractivity contribution is 7.90. The maximum atomic E-state index is 12.7. The number of benzene rings is 1. The summed E-state index contributed by atoms with van der Waals surface area (Å²) in [5, 5.41) is 3.49. The highest BCUT2D eigenvalue weighted by Crippen LogP contribution is 2.25. The zero-order chi connectivity index (χ0) is 21.3. The number of sulfone groups is 1. The first kappa shape index (κ1) is 21.2. The second kappa shape index (κ2) is 8.08. The number of amides is 1. The van der Waals surface area contributed by atoms with Crippen molar-refractivity contribution in [3.63, 3.8) is 0 Å². The van der Waals surface area contributed by atoms with Gasteiger partial charge in [-0.1, -0.05) is 12.1 Å². The quantitative estimate of drug-likeness (QED) is 0.645. The number of thiophene rings is 1. The van der Waals surface area contributed by atoms with E-state index >= 15 is 0 Å². The van der Waals surface area contributed by atoms with Crippen molar-refractivity contribution < 1.29 is 13.2 Å². The summed E-state index contributed by atoms with van der Waals surface area (Å²) in [5.41, 5.74) is 1.61. The Labute approximate surface area is 173 Å². The smallest absolute Gasteiger partial charge is 0.262 e. The summed E-state index contributed by atoms with van der Waals surface area (Å²) >= 11 is 1.49. The Balaban J connectivity index is 1.65. The van der Waals surface area contributed by atoms with E-state index < -0.39 is 9.84 Å². The van der Waals surface area contributed by atoms with Crippen LogP contribution in [0.25, 0.3) is 10.2 Å². The topological polar surface area (TPSA) is 98.1 Å². The predicted octanol–water partition coefficient (Wildman–Crippen LogP) is 2.75. The van der Waals surface area contributed by atoms with E-state index in [-0.39, 0.29) is 35.4 Å². The Kier molecular flexibility index (Phi) is 5.90. The van der Waals surface area contributed by atoms with Gasteiger partial charge >= 0.3 is 0 Å². The first-order valence-corrected chi connectivity index (χ1v) is 11.8. The van der Waals surface area contributed by atoms with E-state index in [0.29, 0.717) is 5.39 Å². The molecule has 0 aliphatic carbocycles. The number of carbonyl (C=O) groups is 1. The number of aromatic nitrogens is 2. The molecule has 1 atom stereocenters. The number of fused-ring (bicyclic) bond motifs is 1. The Morgan fingerprint density at radius 3 is 2.52 bits per heavy atom. The Morgan fingerprint density at radius 1 is 1.24 bits per heavy atom. The summed E-state index contributed by atoms with van der Waals surface area (Å²) in [4.78, 5) is 31.4. The second-order valence-electron chi connectivity index (χ2n) is 7.09. The Morgan fingerprint density at radius 2 is 1.90 bits per heavy atom. The molecule has 2 heterocycles. The molecule has 0 saturated carbocycles. The molecule has 2 aromatic heterocycles. The van der Waals surface area contributed by atoms with Gasteiger partial charge in [0.1, 0.15) is 4.83 Å². The van der Waals surface area contributed by atoms with Gasteiger partial charge in [-0.25, -0.2) is 13.4 Å². The zero-order valence-electron chi connectivity index (χ0n) is 16.7. The fraction of sp³-hybridized carbons (Fsp3) is 0.350. The van der Waals surface area contributed by atoms with E-state index in [1.54, 1.807) is 12.1 Å². The van der Waals surface area contributed by atoms with Crippen LogP contribution in [0.15, 0.2) is 40.3 Å². The normalized spacial score (nSPS) is 12.8. The third-order valence-corrected chi connectivity index (χ3v) is 7.17. The van der Waals surface area contributed by atoms with Crippen LogP contribution < -0.4 is 10.9 Å². The predicted molar refractivity (Wildman–Crippen MR) is 114 cm³/mol. The highest BCUT2D eigenvalue weighted by atomic mass is 32.2. The van der Waals surface area contributed by atoms with Crippen LogP contribution in [0.4, 0.5) is 0 Å². The number of hydrogen-bond acceptors (Lipinski definition) is 6. The van der Waals surface area contributed by atoms with E-state index in [9.17, 15) is 18.0 Å². The lowest BCUT2D eigenvalue weighted by Crippen LogP contribution is -2.29. The lowest BCUT2D eigenvalue weighted by molar-refractivity contribution is -0.121. The van der Waals surface area contributed by atoms with Crippen molar-refractivity contribution in [3.05, 3.63) is 57.0 Å². The van der Waals surface area contributed by atoms with Gasteiger partial charge in [0.05, 0.1) is 22.7 Å². The van der Waals surface area contributed by atoms with Gasteiger partial charge < -0.3 is 5.32 Å². The molecule has 1 unspecified atom stereocenters.